The predicted octanol–water partition coefficient (Wildman–Crippen LogP) is 4.12. The van der Waals surface area contributed by atoms with Gasteiger partial charge >= 0.3 is 0 Å². The van der Waals surface area contributed by atoms with Crippen molar-refractivity contribution in [2.45, 2.75) is 25.2 Å². The van der Waals surface area contributed by atoms with Crippen molar-refractivity contribution in [3.63, 3.8) is 0 Å². The van der Waals surface area contributed by atoms with Gasteiger partial charge in [0.25, 0.3) is 0 Å². The van der Waals surface area contributed by atoms with E-state index < -0.39 is 21.4 Å². The molecule has 0 saturated carbocycles. The van der Waals surface area contributed by atoms with E-state index in [0.29, 0.717) is 28.6 Å². The molecule has 0 spiro atoms. The van der Waals surface area contributed by atoms with Gasteiger partial charge < -0.3 is 14.2 Å². The van der Waals surface area contributed by atoms with Crippen molar-refractivity contribution in [3.05, 3.63) is 78.5 Å². The zero-order chi connectivity index (χ0) is 29.1. The quantitative estimate of drug-likeness (QED) is 0.258. The fourth-order valence-corrected chi connectivity index (χ4v) is 5.66. The van der Waals surface area contributed by atoms with E-state index in [1.807, 2.05) is 37.3 Å². The Balaban J connectivity index is 1.68. The molecule has 0 unspecified atom stereocenters. The normalized spacial score (nSPS) is 13.1. The Morgan fingerprint density at radius 2 is 1.56 bits per heavy atom. The lowest BCUT2D eigenvalue weighted by Crippen LogP contribution is -2.33. The van der Waals surface area contributed by atoms with E-state index in [1.54, 1.807) is 41.4 Å². The van der Waals surface area contributed by atoms with Crippen molar-refractivity contribution in [1.29, 1.82) is 0 Å². The molecule has 3 heterocycles. The summed E-state index contributed by atoms with van der Waals surface area (Å²) in [5.41, 5.74) is 2.67. The highest BCUT2D eigenvalue weighted by Gasteiger charge is 2.35. The number of benzene rings is 2. The Morgan fingerprint density at radius 1 is 0.878 bits per heavy atom. The number of anilines is 1. The van der Waals surface area contributed by atoms with Gasteiger partial charge in [-0.05, 0) is 43.7 Å². The maximum atomic E-state index is 13.8. The van der Waals surface area contributed by atoms with Crippen LogP contribution >= 0.6 is 0 Å². The van der Waals surface area contributed by atoms with Gasteiger partial charge in [0.15, 0.2) is 11.6 Å². The third kappa shape index (κ3) is 5.28. The van der Waals surface area contributed by atoms with Gasteiger partial charge in [-0.25, -0.2) is 18.4 Å². The number of pyridine rings is 1. The Bertz CT molecular complexity index is 1760. The first-order chi connectivity index (χ1) is 19.8. The number of hydrogen-bond donors (Lipinski definition) is 1. The van der Waals surface area contributed by atoms with E-state index in [0.717, 1.165) is 16.5 Å². The summed E-state index contributed by atoms with van der Waals surface area (Å²) in [6, 6.07) is 14.6. The molecule has 0 aliphatic rings. The second-order valence-corrected chi connectivity index (χ2v) is 11.2. The van der Waals surface area contributed by atoms with Crippen molar-refractivity contribution in [3.8, 4) is 28.6 Å². The van der Waals surface area contributed by atoms with E-state index in [4.69, 9.17) is 14.2 Å². The number of aromatic nitrogens is 6. The largest absolute Gasteiger partial charge is 0.494 e. The van der Waals surface area contributed by atoms with Crippen molar-refractivity contribution >= 4 is 26.9 Å². The van der Waals surface area contributed by atoms with Crippen LogP contribution in [0.4, 0.5) is 5.95 Å². The molecule has 5 rings (SSSR count). The van der Waals surface area contributed by atoms with Gasteiger partial charge in [0.05, 0.1) is 19.7 Å². The number of para-hydroxylation sites is 1. The molecule has 0 aliphatic heterocycles. The minimum Gasteiger partial charge on any atom is -0.494 e. The van der Waals surface area contributed by atoms with Crippen LogP contribution in [0.25, 0.3) is 28.0 Å². The van der Waals surface area contributed by atoms with Crippen LogP contribution in [0, 0.1) is 6.92 Å². The Hall–Kier alpha value is -4.62. The van der Waals surface area contributed by atoms with E-state index >= 15 is 0 Å². The molecular weight excluding hydrogens is 546 g/mol. The number of ether oxygens (including phenoxy) is 3. The van der Waals surface area contributed by atoms with E-state index in [9.17, 15) is 8.42 Å². The highest BCUT2D eigenvalue weighted by atomic mass is 32.2. The third-order valence-corrected chi connectivity index (χ3v) is 8.33. The molecule has 3 aromatic heterocycles. The van der Waals surface area contributed by atoms with Crippen molar-refractivity contribution in [2.24, 2.45) is 0 Å². The van der Waals surface area contributed by atoms with Crippen LogP contribution in [0.2, 0.25) is 0 Å². The van der Waals surface area contributed by atoms with Gasteiger partial charge in [-0.2, -0.15) is 0 Å². The lowest BCUT2D eigenvalue weighted by molar-refractivity contribution is 0.0949. The van der Waals surface area contributed by atoms with Crippen LogP contribution in [-0.4, -0.2) is 64.7 Å². The number of sulfonamides is 1. The first-order valence-corrected chi connectivity index (χ1v) is 14.2. The summed E-state index contributed by atoms with van der Waals surface area (Å²) in [6.07, 6.45) is 3.97. The molecule has 2 aromatic carbocycles. The van der Waals surface area contributed by atoms with Crippen molar-refractivity contribution in [1.82, 2.24) is 29.7 Å². The standard InChI is InChI=1S/C28H29N7O5S/c1-17-15-30-26(31-16-17)25(40-5)18(2)41(36,37)34-28-33-32-27(20-9-6-11-21-19(20)10-8-14-29-21)35(28)24-22(38-3)12-7-13-23(24)39-4/h6-16,18,25H,1-5H3,(H,33,34)/t18-,25-/m0/s1. The van der Waals surface area contributed by atoms with Gasteiger partial charge in [0.1, 0.15) is 28.5 Å². The summed E-state index contributed by atoms with van der Waals surface area (Å²) in [5, 5.41) is 8.41. The number of rotatable bonds is 10. The molecule has 0 radical (unpaired) electrons. The summed E-state index contributed by atoms with van der Waals surface area (Å²) in [7, 11) is 0.305. The van der Waals surface area contributed by atoms with E-state index in [2.05, 4.69) is 29.9 Å². The highest BCUT2D eigenvalue weighted by molar-refractivity contribution is 7.93. The minimum absolute atomic E-state index is 0.0739. The molecule has 2 atom stereocenters. The third-order valence-electron chi connectivity index (χ3n) is 6.63. The van der Waals surface area contributed by atoms with Gasteiger partial charge in [-0.3, -0.25) is 14.3 Å². The molecule has 41 heavy (non-hydrogen) atoms. The SMILES string of the molecule is COc1cccc(OC)c1-n1c(NS(=O)(=O)[C@@H](C)[C@H](OC)c2ncc(C)cn2)nnc1-c1cccc2ncccc12. The van der Waals surface area contributed by atoms with Crippen LogP contribution in [0.3, 0.4) is 0 Å². The Labute approximate surface area is 237 Å². The fraction of sp³-hybridized carbons (Fsp3) is 0.250. The van der Waals surface area contributed by atoms with E-state index in [1.165, 1.54) is 28.3 Å². The van der Waals surface area contributed by atoms with Gasteiger partial charge in [-0.1, -0.05) is 24.3 Å². The summed E-state index contributed by atoms with van der Waals surface area (Å²) in [6.45, 7) is 3.36. The van der Waals surface area contributed by atoms with Crippen LogP contribution in [-0.2, 0) is 14.8 Å². The molecule has 13 heteroatoms. The molecular formula is C28H29N7O5S. The summed E-state index contributed by atoms with van der Waals surface area (Å²) >= 11 is 0. The van der Waals surface area contributed by atoms with Gasteiger partial charge in [0.2, 0.25) is 16.0 Å². The number of aryl methyl sites for hydroxylation is 1. The molecule has 12 nitrogen and oxygen atoms in total. The lowest BCUT2D eigenvalue weighted by Gasteiger charge is -2.23. The number of nitrogens with zero attached hydrogens (tertiary/aromatic N) is 6. The monoisotopic (exact) mass is 575 g/mol. The second kappa shape index (κ2) is 11.5. The summed E-state index contributed by atoms with van der Waals surface area (Å²) < 4.78 is 48.6. The van der Waals surface area contributed by atoms with E-state index in [-0.39, 0.29) is 11.8 Å². The Morgan fingerprint density at radius 3 is 2.22 bits per heavy atom. The van der Waals surface area contributed by atoms with Crippen LogP contribution in [0.1, 0.15) is 24.4 Å². The molecule has 1 N–H and O–H groups in total. The zero-order valence-corrected chi connectivity index (χ0v) is 24.0. The summed E-state index contributed by atoms with van der Waals surface area (Å²) in [4.78, 5) is 13.0. The number of hydrogen-bond acceptors (Lipinski definition) is 10. The molecule has 0 aliphatic carbocycles. The average Bonchev–Trinajstić information content (AvgIpc) is 3.39. The molecule has 0 saturated heterocycles. The first-order valence-electron chi connectivity index (χ1n) is 12.6. The van der Waals surface area contributed by atoms with Crippen LogP contribution < -0.4 is 14.2 Å². The van der Waals surface area contributed by atoms with Crippen molar-refractivity contribution in [2.75, 3.05) is 26.1 Å². The maximum Gasteiger partial charge on any atom is 0.243 e. The highest BCUT2D eigenvalue weighted by Crippen LogP contribution is 2.39. The van der Waals surface area contributed by atoms with Crippen LogP contribution in [0.5, 0.6) is 11.5 Å². The lowest BCUT2D eigenvalue weighted by atomic mass is 10.1. The molecule has 0 amide bonds. The number of nitrogens with one attached hydrogen (secondary N) is 1. The summed E-state index contributed by atoms with van der Waals surface area (Å²) in [5.74, 6) is 1.35. The number of methoxy groups -OCH3 is 3. The molecule has 0 fully saturated rings. The molecule has 212 valence electrons. The topological polar surface area (TPSA) is 143 Å². The average molecular weight is 576 g/mol. The maximum absolute atomic E-state index is 13.8. The molecule has 0 bridgehead atoms. The van der Waals surface area contributed by atoms with Gasteiger partial charge in [0, 0.05) is 36.7 Å². The second-order valence-electron chi connectivity index (χ2n) is 9.20. The molecule has 5 aromatic rings. The minimum atomic E-state index is -4.14. The number of fused-ring (bicyclic) bond motifs is 1. The predicted molar refractivity (Wildman–Crippen MR) is 154 cm³/mol. The van der Waals surface area contributed by atoms with Crippen molar-refractivity contribution < 1.29 is 22.6 Å². The zero-order valence-electron chi connectivity index (χ0n) is 23.1. The fourth-order valence-electron chi connectivity index (χ4n) is 4.53. The Kier molecular flexibility index (Phi) is 7.81. The smallest absolute Gasteiger partial charge is 0.243 e. The van der Waals surface area contributed by atoms with Crippen LogP contribution in [0.15, 0.2) is 67.1 Å². The van der Waals surface area contributed by atoms with Gasteiger partial charge in [-0.15, -0.1) is 10.2 Å². The first kappa shape index (κ1) is 27.9.